The van der Waals surface area contributed by atoms with Crippen LogP contribution in [0.4, 0.5) is 0 Å². The molecule has 92 valence electrons. The third-order valence-electron chi connectivity index (χ3n) is 3.36. The maximum atomic E-state index is 12.2. The topological polar surface area (TPSA) is 74.7 Å². The smallest absolute Gasteiger partial charge is 0.320 e. The zero-order chi connectivity index (χ0) is 12.9. The Morgan fingerprint density at radius 3 is 2.50 bits per heavy atom. The van der Waals surface area contributed by atoms with Gasteiger partial charge in [0, 0.05) is 11.6 Å². The van der Waals surface area contributed by atoms with E-state index in [0.29, 0.717) is 11.1 Å². The zero-order valence-electron chi connectivity index (χ0n) is 9.50. The van der Waals surface area contributed by atoms with Crippen LogP contribution in [0.5, 0.6) is 0 Å². The third kappa shape index (κ3) is 1.44. The van der Waals surface area contributed by atoms with Gasteiger partial charge in [0.2, 0.25) is 5.91 Å². The number of carboxylic acid groups (broad SMARTS) is 1. The van der Waals surface area contributed by atoms with Crippen molar-refractivity contribution >= 4 is 17.8 Å². The number of benzene rings is 1. The highest BCUT2D eigenvalue weighted by Crippen LogP contribution is 2.36. The van der Waals surface area contributed by atoms with Crippen LogP contribution in [0.15, 0.2) is 24.3 Å². The number of rotatable bonds is 2. The number of hydrogen-bond acceptors (Lipinski definition) is 3. The van der Waals surface area contributed by atoms with Crippen molar-refractivity contribution in [2.45, 2.75) is 24.8 Å². The number of hydrogen-bond donors (Lipinski definition) is 1. The Balaban J connectivity index is 2.16. The van der Waals surface area contributed by atoms with E-state index in [4.69, 9.17) is 0 Å². The van der Waals surface area contributed by atoms with E-state index >= 15 is 0 Å². The van der Waals surface area contributed by atoms with Gasteiger partial charge in [0.1, 0.15) is 0 Å². The highest BCUT2D eigenvalue weighted by atomic mass is 16.4. The summed E-state index contributed by atoms with van der Waals surface area (Å²) in [7, 11) is 0. The highest BCUT2D eigenvalue weighted by molar-refractivity contribution is 6.18. The molecule has 1 fully saturated rings. The molecule has 5 heteroatoms. The van der Waals surface area contributed by atoms with Gasteiger partial charge in [0.15, 0.2) is 5.92 Å². The summed E-state index contributed by atoms with van der Waals surface area (Å²) in [5, 5.41) is 9.20. The summed E-state index contributed by atoms with van der Waals surface area (Å²) in [6.45, 7) is 0. The SMILES string of the molecule is O=C(O)C1C(=O)N(C2CC2)C(=O)c2ccccc21. The minimum atomic E-state index is -1.25. The summed E-state index contributed by atoms with van der Waals surface area (Å²) >= 11 is 0. The van der Waals surface area contributed by atoms with Gasteiger partial charge >= 0.3 is 5.97 Å². The molecular weight excluding hydrogens is 234 g/mol. The largest absolute Gasteiger partial charge is 0.480 e. The summed E-state index contributed by atoms with van der Waals surface area (Å²) in [6, 6.07) is 6.32. The molecule has 5 nitrogen and oxygen atoms in total. The molecule has 2 amide bonds. The quantitative estimate of drug-likeness (QED) is 0.623. The Morgan fingerprint density at radius 1 is 1.22 bits per heavy atom. The van der Waals surface area contributed by atoms with Crippen LogP contribution in [0.2, 0.25) is 0 Å². The van der Waals surface area contributed by atoms with Crippen molar-refractivity contribution in [3.8, 4) is 0 Å². The molecule has 1 atom stereocenters. The van der Waals surface area contributed by atoms with Crippen molar-refractivity contribution in [1.29, 1.82) is 0 Å². The van der Waals surface area contributed by atoms with Gasteiger partial charge in [-0.2, -0.15) is 0 Å². The predicted molar refractivity (Wildman–Crippen MR) is 61.0 cm³/mol. The van der Waals surface area contributed by atoms with Crippen LogP contribution in [0.25, 0.3) is 0 Å². The van der Waals surface area contributed by atoms with Crippen LogP contribution < -0.4 is 0 Å². The number of imide groups is 1. The van der Waals surface area contributed by atoms with Crippen molar-refractivity contribution in [2.75, 3.05) is 0 Å². The van der Waals surface area contributed by atoms with E-state index in [1.54, 1.807) is 18.2 Å². The van der Waals surface area contributed by atoms with Crippen LogP contribution in [-0.4, -0.2) is 33.8 Å². The van der Waals surface area contributed by atoms with Crippen molar-refractivity contribution < 1.29 is 19.5 Å². The van der Waals surface area contributed by atoms with Gasteiger partial charge in [0.25, 0.3) is 5.91 Å². The molecule has 1 unspecified atom stereocenters. The summed E-state index contributed by atoms with van der Waals surface area (Å²) in [5.74, 6) is -3.42. The van der Waals surface area contributed by atoms with E-state index in [9.17, 15) is 19.5 Å². The standard InChI is InChI=1S/C13H11NO4/c15-11-9-4-2-1-3-8(9)10(13(17)18)12(16)14(11)7-5-6-7/h1-4,7,10H,5-6H2,(H,17,18). The van der Waals surface area contributed by atoms with Gasteiger partial charge < -0.3 is 5.11 Å². The number of amides is 2. The van der Waals surface area contributed by atoms with Crippen molar-refractivity contribution in [2.24, 2.45) is 0 Å². The van der Waals surface area contributed by atoms with E-state index in [-0.39, 0.29) is 11.9 Å². The zero-order valence-corrected chi connectivity index (χ0v) is 9.50. The number of carbonyl (C=O) groups excluding carboxylic acids is 2. The van der Waals surface area contributed by atoms with Gasteiger partial charge in [-0.25, -0.2) is 0 Å². The van der Waals surface area contributed by atoms with Crippen LogP contribution in [0, 0.1) is 0 Å². The lowest BCUT2D eigenvalue weighted by molar-refractivity contribution is -0.146. The van der Waals surface area contributed by atoms with Crippen molar-refractivity contribution in [3.63, 3.8) is 0 Å². The Hall–Kier alpha value is -2.17. The molecular formula is C13H11NO4. The normalized spacial score (nSPS) is 22.9. The maximum absolute atomic E-state index is 12.2. The maximum Gasteiger partial charge on any atom is 0.320 e. The summed E-state index contributed by atoms with van der Waals surface area (Å²) in [4.78, 5) is 36.7. The number of fused-ring (bicyclic) bond motifs is 1. The lowest BCUT2D eigenvalue weighted by atomic mass is 9.88. The third-order valence-corrected chi connectivity index (χ3v) is 3.36. The highest BCUT2D eigenvalue weighted by Gasteiger charge is 2.47. The monoisotopic (exact) mass is 245 g/mol. The Kier molecular flexibility index (Phi) is 2.23. The van der Waals surface area contributed by atoms with Crippen molar-refractivity contribution in [1.82, 2.24) is 4.90 Å². The van der Waals surface area contributed by atoms with E-state index in [0.717, 1.165) is 17.7 Å². The van der Waals surface area contributed by atoms with E-state index in [1.165, 1.54) is 6.07 Å². The first-order valence-electron chi connectivity index (χ1n) is 5.80. The fourth-order valence-electron chi connectivity index (χ4n) is 2.36. The molecule has 2 aliphatic rings. The minimum Gasteiger partial charge on any atom is -0.480 e. The lowest BCUT2D eigenvalue weighted by Crippen LogP contribution is -2.48. The minimum absolute atomic E-state index is 0.111. The number of carbonyl (C=O) groups is 3. The molecule has 1 aliphatic heterocycles. The molecule has 18 heavy (non-hydrogen) atoms. The lowest BCUT2D eigenvalue weighted by Gasteiger charge is -2.30. The molecule has 0 saturated heterocycles. The van der Waals surface area contributed by atoms with Gasteiger partial charge in [-0.1, -0.05) is 18.2 Å². The summed E-state index contributed by atoms with van der Waals surface area (Å²) < 4.78 is 0. The molecule has 0 bridgehead atoms. The number of carboxylic acids is 1. The second-order valence-corrected chi connectivity index (χ2v) is 4.60. The van der Waals surface area contributed by atoms with E-state index in [2.05, 4.69) is 0 Å². The first-order valence-corrected chi connectivity index (χ1v) is 5.80. The fourth-order valence-corrected chi connectivity index (χ4v) is 2.36. The predicted octanol–water partition coefficient (Wildman–Crippen LogP) is 1.000. The molecule has 1 saturated carbocycles. The van der Waals surface area contributed by atoms with Crippen LogP contribution in [0.3, 0.4) is 0 Å². The molecule has 1 aromatic rings. The van der Waals surface area contributed by atoms with Gasteiger partial charge in [-0.15, -0.1) is 0 Å². The van der Waals surface area contributed by atoms with Gasteiger partial charge in [-0.05, 0) is 24.5 Å². The van der Waals surface area contributed by atoms with Gasteiger partial charge in [0.05, 0.1) is 0 Å². The Bertz CT molecular complexity index is 562. The molecule has 1 aliphatic carbocycles. The van der Waals surface area contributed by atoms with Crippen LogP contribution >= 0.6 is 0 Å². The first-order chi connectivity index (χ1) is 8.61. The summed E-state index contributed by atoms with van der Waals surface area (Å²) in [5.41, 5.74) is 0.633. The molecule has 0 radical (unpaired) electrons. The molecule has 1 heterocycles. The van der Waals surface area contributed by atoms with Crippen LogP contribution in [0.1, 0.15) is 34.7 Å². The Morgan fingerprint density at radius 2 is 1.89 bits per heavy atom. The average Bonchev–Trinajstić information content (AvgIpc) is 3.13. The average molecular weight is 245 g/mol. The molecule has 1 aromatic carbocycles. The molecule has 0 aromatic heterocycles. The molecule has 1 N–H and O–H groups in total. The second-order valence-electron chi connectivity index (χ2n) is 4.60. The van der Waals surface area contributed by atoms with Crippen molar-refractivity contribution in [3.05, 3.63) is 35.4 Å². The first kappa shape index (κ1) is 11.0. The van der Waals surface area contributed by atoms with E-state index in [1.807, 2.05) is 0 Å². The van der Waals surface area contributed by atoms with Crippen LogP contribution in [-0.2, 0) is 9.59 Å². The van der Waals surface area contributed by atoms with Gasteiger partial charge in [-0.3, -0.25) is 19.3 Å². The fraction of sp³-hybridized carbons (Fsp3) is 0.308. The molecule has 3 rings (SSSR count). The second kappa shape index (κ2) is 3.66. The van der Waals surface area contributed by atoms with E-state index < -0.39 is 17.8 Å². The number of nitrogens with zero attached hydrogens (tertiary/aromatic N) is 1. The molecule has 0 spiro atoms. The number of aliphatic carboxylic acids is 1. The Labute approximate surface area is 103 Å². The summed E-state index contributed by atoms with van der Waals surface area (Å²) in [6.07, 6.45) is 1.54.